The molecule has 1 aliphatic rings. The van der Waals surface area contributed by atoms with Gasteiger partial charge >= 0.3 is 0 Å². The highest BCUT2D eigenvalue weighted by Gasteiger charge is 2.38. The van der Waals surface area contributed by atoms with E-state index in [0.717, 1.165) is 31.6 Å². The summed E-state index contributed by atoms with van der Waals surface area (Å²) in [5.74, 6) is 0.304. The first-order valence-electron chi connectivity index (χ1n) is 7.82. The molecule has 2 rings (SSSR count). The molecule has 0 spiro atoms. The van der Waals surface area contributed by atoms with E-state index in [0.29, 0.717) is 12.2 Å². The molecule has 0 aliphatic carbocycles. The van der Waals surface area contributed by atoms with Crippen molar-refractivity contribution in [2.24, 2.45) is 0 Å². The predicted octanol–water partition coefficient (Wildman–Crippen LogP) is 3.02. The molecule has 0 saturated carbocycles. The van der Waals surface area contributed by atoms with Gasteiger partial charge in [-0.3, -0.25) is 14.7 Å². The van der Waals surface area contributed by atoms with E-state index in [1.54, 1.807) is 0 Å². The fourth-order valence-corrected chi connectivity index (χ4v) is 2.93. The van der Waals surface area contributed by atoms with Gasteiger partial charge in [-0.25, -0.2) is 0 Å². The van der Waals surface area contributed by atoms with Crippen LogP contribution in [0.5, 0.6) is 0 Å². The van der Waals surface area contributed by atoms with Crippen LogP contribution in [0.25, 0.3) is 0 Å². The Morgan fingerprint density at radius 2 is 2.00 bits per heavy atom. The van der Waals surface area contributed by atoms with Crippen molar-refractivity contribution < 1.29 is 4.79 Å². The molecular weight excluding hydrogens is 248 g/mol. The zero-order valence-corrected chi connectivity index (χ0v) is 13.0. The normalized spacial score (nSPS) is 18.9. The number of aromatic nitrogens is 1. The first-order chi connectivity index (χ1) is 9.60. The molecule has 0 aromatic carbocycles. The van der Waals surface area contributed by atoms with E-state index in [2.05, 4.69) is 36.7 Å². The van der Waals surface area contributed by atoms with Crippen LogP contribution in [-0.2, 0) is 17.6 Å². The van der Waals surface area contributed by atoms with E-state index in [1.807, 2.05) is 12.3 Å². The number of nitrogens with zero attached hydrogens (tertiary/aromatic N) is 2. The van der Waals surface area contributed by atoms with E-state index < -0.39 is 0 Å². The number of pyridine rings is 1. The van der Waals surface area contributed by atoms with E-state index in [-0.39, 0.29) is 5.54 Å². The summed E-state index contributed by atoms with van der Waals surface area (Å²) in [6, 6.07) is 4.07. The Bertz CT molecular complexity index is 449. The lowest BCUT2D eigenvalue weighted by molar-refractivity contribution is -0.129. The number of aryl methyl sites for hydroxylation is 1. The maximum absolute atomic E-state index is 12.7. The summed E-state index contributed by atoms with van der Waals surface area (Å²) in [5.41, 5.74) is 1.80. The Morgan fingerprint density at radius 1 is 1.30 bits per heavy atom. The van der Waals surface area contributed by atoms with Gasteiger partial charge in [0.25, 0.3) is 0 Å². The Morgan fingerprint density at radius 3 is 2.50 bits per heavy atom. The summed E-state index contributed by atoms with van der Waals surface area (Å²) in [4.78, 5) is 19.5. The molecule has 0 radical (unpaired) electrons. The molecule has 1 fully saturated rings. The van der Waals surface area contributed by atoms with Crippen molar-refractivity contribution >= 4 is 5.78 Å². The summed E-state index contributed by atoms with van der Waals surface area (Å²) in [6.45, 7) is 8.44. The number of rotatable bonds is 6. The summed E-state index contributed by atoms with van der Waals surface area (Å²) in [5, 5.41) is 0. The molecule has 0 N–H and O–H groups in total. The number of Topliss-reactive ketones (excluding diaryl/α,β-unsaturated/α-hetero) is 1. The minimum atomic E-state index is -0.318. The van der Waals surface area contributed by atoms with Gasteiger partial charge in [0.1, 0.15) is 0 Å². The summed E-state index contributed by atoms with van der Waals surface area (Å²) >= 11 is 0. The maximum atomic E-state index is 12.7. The van der Waals surface area contributed by atoms with E-state index >= 15 is 0 Å². The molecule has 3 heteroatoms. The number of hydrogen-bond acceptors (Lipinski definition) is 3. The van der Waals surface area contributed by atoms with Crippen LogP contribution in [-0.4, -0.2) is 34.3 Å². The molecule has 1 saturated heterocycles. The van der Waals surface area contributed by atoms with Crippen molar-refractivity contribution in [3.05, 3.63) is 29.6 Å². The second-order valence-corrected chi connectivity index (χ2v) is 5.93. The third-order valence-electron chi connectivity index (χ3n) is 4.73. The van der Waals surface area contributed by atoms with Crippen LogP contribution in [0.1, 0.15) is 51.3 Å². The van der Waals surface area contributed by atoms with Gasteiger partial charge in [-0.1, -0.05) is 19.9 Å². The molecular formula is C17H26N2O. The van der Waals surface area contributed by atoms with Crippen LogP contribution in [0.15, 0.2) is 18.3 Å². The Hall–Kier alpha value is -1.22. The zero-order valence-electron chi connectivity index (χ0n) is 13.0. The number of carbonyl (C=O) groups excluding carboxylic acids is 1. The van der Waals surface area contributed by atoms with Gasteiger partial charge in [0.2, 0.25) is 0 Å². The monoisotopic (exact) mass is 274 g/mol. The van der Waals surface area contributed by atoms with Crippen LogP contribution in [0.3, 0.4) is 0 Å². The first-order valence-corrected chi connectivity index (χ1v) is 7.82. The van der Waals surface area contributed by atoms with Crippen molar-refractivity contribution in [2.45, 2.75) is 58.4 Å². The molecule has 1 atom stereocenters. The van der Waals surface area contributed by atoms with Gasteiger partial charge in [-0.05, 0) is 57.3 Å². The van der Waals surface area contributed by atoms with Crippen molar-refractivity contribution in [3.8, 4) is 0 Å². The first kappa shape index (κ1) is 15.2. The standard InChI is InChI=1S/C17H26N2O/c1-4-14-8-9-15(18-13-14)12-16(20)17(3,5-2)19-10-6-7-11-19/h8-9,13H,4-7,10-12H2,1-3H3. The molecule has 1 aromatic rings. The van der Waals surface area contributed by atoms with Crippen LogP contribution in [0, 0.1) is 0 Å². The topological polar surface area (TPSA) is 33.2 Å². The number of carbonyl (C=O) groups is 1. The molecule has 1 aromatic heterocycles. The smallest absolute Gasteiger partial charge is 0.158 e. The van der Waals surface area contributed by atoms with Gasteiger partial charge in [0, 0.05) is 11.9 Å². The summed E-state index contributed by atoms with van der Waals surface area (Å²) < 4.78 is 0. The van der Waals surface area contributed by atoms with Gasteiger partial charge in [-0.15, -0.1) is 0 Å². The molecule has 2 heterocycles. The quantitative estimate of drug-likeness (QED) is 0.799. The van der Waals surface area contributed by atoms with Gasteiger partial charge < -0.3 is 0 Å². The average molecular weight is 274 g/mol. The lowest BCUT2D eigenvalue weighted by Crippen LogP contribution is -2.51. The van der Waals surface area contributed by atoms with Crippen LogP contribution < -0.4 is 0 Å². The highest BCUT2D eigenvalue weighted by molar-refractivity contribution is 5.89. The molecule has 3 nitrogen and oxygen atoms in total. The summed E-state index contributed by atoms with van der Waals surface area (Å²) in [6.07, 6.45) is 6.63. The van der Waals surface area contributed by atoms with E-state index in [9.17, 15) is 4.79 Å². The SMILES string of the molecule is CCc1ccc(CC(=O)C(C)(CC)N2CCCC2)nc1. The summed E-state index contributed by atoms with van der Waals surface area (Å²) in [7, 11) is 0. The Kier molecular flexibility index (Phi) is 4.92. The van der Waals surface area contributed by atoms with Gasteiger partial charge in [0.05, 0.1) is 12.0 Å². The number of ketones is 1. The van der Waals surface area contributed by atoms with Crippen molar-refractivity contribution in [1.82, 2.24) is 9.88 Å². The third kappa shape index (κ3) is 3.09. The van der Waals surface area contributed by atoms with Crippen LogP contribution in [0.2, 0.25) is 0 Å². The van der Waals surface area contributed by atoms with Crippen molar-refractivity contribution in [3.63, 3.8) is 0 Å². The van der Waals surface area contributed by atoms with Crippen molar-refractivity contribution in [1.29, 1.82) is 0 Å². The fraction of sp³-hybridized carbons (Fsp3) is 0.647. The average Bonchev–Trinajstić information content (AvgIpc) is 3.01. The minimum absolute atomic E-state index is 0.304. The minimum Gasteiger partial charge on any atom is -0.297 e. The lowest BCUT2D eigenvalue weighted by Gasteiger charge is -2.36. The predicted molar refractivity (Wildman–Crippen MR) is 81.8 cm³/mol. The molecule has 20 heavy (non-hydrogen) atoms. The second kappa shape index (κ2) is 6.49. The van der Waals surface area contributed by atoms with E-state index in [4.69, 9.17) is 0 Å². The third-order valence-corrected chi connectivity index (χ3v) is 4.73. The van der Waals surface area contributed by atoms with E-state index in [1.165, 1.54) is 18.4 Å². The fourth-order valence-electron chi connectivity index (χ4n) is 2.93. The largest absolute Gasteiger partial charge is 0.297 e. The lowest BCUT2D eigenvalue weighted by atomic mass is 9.88. The molecule has 0 amide bonds. The number of hydrogen-bond donors (Lipinski definition) is 0. The maximum Gasteiger partial charge on any atom is 0.158 e. The van der Waals surface area contributed by atoms with Gasteiger partial charge in [-0.2, -0.15) is 0 Å². The highest BCUT2D eigenvalue weighted by atomic mass is 16.1. The Labute approximate surface area is 122 Å². The number of likely N-dealkylation sites (tertiary alicyclic amines) is 1. The van der Waals surface area contributed by atoms with Crippen molar-refractivity contribution in [2.75, 3.05) is 13.1 Å². The Balaban J connectivity index is 2.08. The molecule has 0 bridgehead atoms. The molecule has 110 valence electrons. The second-order valence-electron chi connectivity index (χ2n) is 5.93. The molecule has 1 unspecified atom stereocenters. The highest BCUT2D eigenvalue weighted by Crippen LogP contribution is 2.26. The zero-order chi connectivity index (χ0) is 14.6. The molecule has 1 aliphatic heterocycles. The van der Waals surface area contributed by atoms with Crippen LogP contribution in [0.4, 0.5) is 0 Å². The van der Waals surface area contributed by atoms with Gasteiger partial charge in [0.15, 0.2) is 5.78 Å². The van der Waals surface area contributed by atoms with Crippen LogP contribution >= 0.6 is 0 Å².